The largest absolute Gasteiger partial charge is 0.467 e. The first-order valence-electron chi connectivity index (χ1n) is 5.56. The number of ether oxygens (including phenoxy) is 1. The van der Waals surface area contributed by atoms with E-state index in [4.69, 9.17) is 0 Å². The average molecular weight is 293 g/mol. The number of methoxy groups -OCH3 is 1. The Balaban J connectivity index is 2.68. The number of esters is 1. The number of hydrogen-bond donors (Lipinski definition) is 1. The van der Waals surface area contributed by atoms with Crippen LogP contribution in [0.1, 0.15) is 13.3 Å². The van der Waals surface area contributed by atoms with Crippen molar-refractivity contribution in [2.24, 2.45) is 0 Å². The maximum absolute atomic E-state index is 12.1. The molecule has 19 heavy (non-hydrogen) atoms. The van der Waals surface area contributed by atoms with Crippen LogP contribution in [0, 0.1) is 0 Å². The molecule has 1 aromatic carbocycles. The molecule has 0 saturated heterocycles. The number of benzene rings is 1. The summed E-state index contributed by atoms with van der Waals surface area (Å²) in [5.41, 5.74) is -3.73. The molecule has 3 nitrogen and oxygen atoms in total. The SMILES string of the molecule is CCC(Nc1ccc(SC(F)(F)F)cc1)C(=O)OC. The Kier molecular flexibility index (Phi) is 5.53. The monoisotopic (exact) mass is 293 g/mol. The van der Waals surface area contributed by atoms with Crippen molar-refractivity contribution in [1.82, 2.24) is 0 Å². The van der Waals surface area contributed by atoms with Crippen LogP contribution in [0.15, 0.2) is 29.2 Å². The van der Waals surface area contributed by atoms with Gasteiger partial charge in [0.1, 0.15) is 6.04 Å². The zero-order valence-corrected chi connectivity index (χ0v) is 11.3. The second-order valence-corrected chi connectivity index (χ2v) is 4.84. The molecule has 0 aromatic heterocycles. The van der Waals surface area contributed by atoms with Crippen molar-refractivity contribution >= 4 is 23.4 Å². The van der Waals surface area contributed by atoms with Crippen molar-refractivity contribution in [3.63, 3.8) is 0 Å². The Hall–Kier alpha value is -1.37. The van der Waals surface area contributed by atoms with Gasteiger partial charge in [-0.25, -0.2) is 4.79 Å². The van der Waals surface area contributed by atoms with Crippen LogP contribution in [0.3, 0.4) is 0 Å². The van der Waals surface area contributed by atoms with Gasteiger partial charge >= 0.3 is 11.5 Å². The molecule has 1 N–H and O–H groups in total. The van der Waals surface area contributed by atoms with Gasteiger partial charge in [-0.05, 0) is 42.4 Å². The van der Waals surface area contributed by atoms with Crippen LogP contribution in [0.4, 0.5) is 18.9 Å². The van der Waals surface area contributed by atoms with Gasteiger partial charge < -0.3 is 10.1 Å². The molecule has 1 atom stereocenters. The van der Waals surface area contributed by atoms with Gasteiger partial charge in [-0.3, -0.25) is 0 Å². The van der Waals surface area contributed by atoms with Gasteiger partial charge in [-0.2, -0.15) is 13.2 Å². The summed E-state index contributed by atoms with van der Waals surface area (Å²) in [6.45, 7) is 1.81. The van der Waals surface area contributed by atoms with Crippen LogP contribution in [-0.4, -0.2) is 24.6 Å². The fourth-order valence-electron chi connectivity index (χ4n) is 1.42. The molecule has 1 rings (SSSR count). The Morgan fingerprint density at radius 2 is 1.95 bits per heavy atom. The van der Waals surface area contributed by atoms with E-state index in [9.17, 15) is 18.0 Å². The standard InChI is InChI=1S/C12H14F3NO2S/c1-3-10(11(17)18-2)16-8-4-6-9(7-5-8)19-12(13,14)15/h4-7,10,16H,3H2,1-2H3. The third-order valence-corrected chi connectivity index (χ3v) is 3.06. The minimum Gasteiger partial charge on any atom is -0.467 e. The van der Waals surface area contributed by atoms with Crippen LogP contribution in [0.5, 0.6) is 0 Å². The van der Waals surface area contributed by atoms with E-state index in [1.165, 1.54) is 31.4 Å². The van der Waals surface area contributed by atoms with E-state index in [1.807, 2.05) is 6.92 Å². The lowest BCUT2D eigenvalue weighted by atomic mass is 10.2. The van der Waals surface area contributed by atoms with Crippen LogP contribution in [0.2, 0.25) is 0 Å². The topological polar surface area (TPSA) is 38.3 Å². The van der Waals surface area contributed by atoms with Crippen LogP contribution < -0.4 is 5.32 Å². The number of carbonyl (C=O) groups excluding carboxylic acids is 1. The fourth-order valence-corrected chi connectivity index (χ4v) is 1.96. The van der Waals surface area contributed by atoms with E-state index in [0.29, 0.717) is 12.1 Å². The summed E-state index contributed by atoms with van der Waals surface area (Å²) in [4.78, 5) is 11.5. The zero-order valence-electron chi connectivity index (χ0n) is 10.5. The molecule has 1 aromatic rings. The molecule has 0 aliphatic carbocycles. The molecular weight excluding hydrogens is 279 g/mol. The highest BCUT2D eigenvalue weighted by molar-refractivity contribution is 8.00. The lowest BCUT2D eigenvalue weighted by Gasteiger charge is -2.16. The van der Waals surface area contributed by atoms with Crippen molar-refractivity contribution in [3.8, 4) is 0 Å². The molecular formula is C12H14F3NO2S. The summed E-state index contributed by atoms with van der Waals surface area (Å²) in [5.74, 6) is -0.406. The van der Waals surface area contributed by atoms with Crippen molar-refractivity contribution < 1.29 is 22.7 Å². The summed E-state index contributed by atoms with van der Waals surface area (Å²) in [7, 11) is 1.29. The predicted molar refractivity (Wildman–Crippen MR) is 68.1 cm³/mol. The highest BCUT2D eigenvalue weighted by Gasteiger charge is 2.29. The molecule has 0 saturated carbocycles. The van der Waals surface area contributed by atoms with Crippen LogP contribution in [0.25, 0.3) is 0 Å². The van der Waals surface area contributed by atoms with Gasteiger partial charge in [-0.15, -0.1) is 0 Å². The van der Waals surface area contributed by atoms with Crippen molar-refractivity contribution in [1.29, 1.82) is 0 Å². The number of alkyl halides is 3. The third-order valence-electron chi connectivity index (χ3n) is 2.32. The van der Waals surface area contributed by atoms with Gasteiger partial charge in [0.15, 0.2) is 0 Å². The summed E-state index contributed by atoms with van der Waals surface area (Å²) >= 11 is -0.175. The molecule has 0 bridgehead atoms. The second-order valence-electron chi connectivity index (χ2n) is 3.70. The molecule has 0 fully saturated rings. The minimum absolute atomic E-state index is 0.101. The predicted octanol–water partition coefficient (Wildman–Crippen LogP) is 3.66. The normalized spacial score (nSPS) is 12.9. The van der Waals surface area contributed by atoms with Crippen molar-refractivity contribution in [3.05, 3.63) is 24.3 Å². The van der Waals surface area contributed by atoms with E-state index < -0.39 is 17.5 Å². The van der Waals surface area contributed by atoms with Crippen molar-refractivity contribution in [2.45, 2.75) is 29.8 Å². The van der Waals surface area contributed by atoms with E-state index in [0.717, 1.165) is 0 Å². The Morgan fingerprint density at radius 1 is 1.37 bits per heavy atom. The molecule has 0 amide bonds. The van der Waals surface area contributed by atoms with E-state index >= 15 is 0 Å². The van der Waals surface area contributed by atoms with Gasteiger partial charge in [0.25, 0.3) is 0 Å². The number of carbonyl (C=O) groups is 1. The maximum Gasteiger partial charge on any atom is 0.446 e. The molecule has 0 aliphatic rings. The molecule has 7 heteroatoms. The second kappa shape index (κ2) is 6.70. The van der Waals surface area contributed by atoms with Crippen molar-refractivity contribution in [2.75, 3.05) is 12.4 Å². The lowest BCUT2D eigenvalue weighted by Crippen LogP contribution is -2.29. The maximum atomic E-state index is 12.1. The number of rotatable bonds is 5. The first-order chi connectivity index (χ1) is 8.85. The molecule has 106 valence electrons. The smallest absolute Gasteiger partial charge is 0.446 e. The van der Waals surface area contributed by atoms with E-state index in [2.05, 4.69) is 10.1 Å². The Labute approximate surface area is 113 Å². The number of thioether (sulfide) groups is 1. The molecule has 1 unspecified atom stereocenters. The molecule has 0 heterocycles. The van der Waals surface area contributed by atoms with Crippen LogP contribution in [-0.2, 0) is 9.53 Å². The Bertz CT molecular complexity index is 420. The third kappa shape index (κ3) is 5.42. The van der Waals surface area contributed by atoms with Crippen LogP contribution >= 0.6 is 11.8 Å². The van der Waals surface area contributed by atoms with Gasteiger partial charge in [0, 0.05) is 10.6 Å². The highest BCUT2D eigenvalue weighted by atomic mass is 32.2. The number of hydrogen-bond acceptors (Lipinski definition) is 4. The minimum atomic E-state index is -4.30. The first-order valence-corrected chi connectivity index (χ1v) is 6.37. The quantitative estimate of drug-likeness (QED) is 0.664. The number of nitrogens with one attached hydrogen (secondary N) is 1. The summed E-state index contributed by atoms with van der Waals surface area (Å²) in [5, 5.41) is 2.90. The van der Waals surface area contributed by atoms with Gasteiger partial charge in [0.05, 0.1) is 7.11 Å². The first kappa shape index (κ1) is 15.7. The molecule has 0 spiro atoms. The zero-order chi connectivity index (χ0) is 14.5. The summed E-state index contributed by atoms with van der Waals surface area (Å²) < 4.78 is 41.0. The number of halogens is 3. The van der Waals surface area contributed by atoms with Gasteiger partial charge in [0.2, 0.25) is 0 Å². The molecule has 0 aliphatic heterocycles. The van der Waals surface area contributed by atoms with E-state index in [-0.39, 0.29) is 16.7 Å². The lowest BCUT2D eigenvalue weighted by molar-refractivity contribution is -0.141. The highest BCUT2D eigenvalue weighted by Crippen LogP contribution is 2.37. The Morgan fingerprint density at radius 3 is 2.37 bits per heavy atom. The molecule has 0 radical (unpaired) electrons. The van der Waals surface area contributed by atoms with Gasteiger partial charge in [-0.1, -0.05) is 6.92 Å². The summed E-state index contributed by atoms with van der Waals surface area (Å²) in [6.07, 6.45) is 0.520. The van der Waals surface area contributed by atoms with E-state index in [1.54, 1.807) is 0 Å². The summed E-state index contributed by atoms with van der Waals surface area (Å²) in [6, 6.07) is 5.19. The number of anilines is 1. The average Bonchev–Trinajstić information content (AvgIpc) is 2.35. The fraction of sp³-hybridized carbons (Fsp3) is 0.417.